The molecule has 0 N–H and O–H groups in total. The Labute approximate surface area is 108 Å². The van der Waals surface area contributed by atoms with E-state index in [9.17, 15) is 0 Å². The molecule has 3 rings (SSSR count). The van der Waals surface area contributed by atoms with Gasteiger partial charge in [-0.25, -0.2) is 0 Å². The lowest BCUT2D eigenvalue weighted by Gasteiger charge is -2.20. The quantitative estimate of drug-likeness (QED) is 0.633. The molecule has 0 fully saturated rings. The number of hydrogen-bond donors (Lipinski definition) is 0. The molecule has 0 amide bonds. The van der Waals surface area contributed by atoms with Crippen LogP contribution in [-0.4, -0.2) is 0 Å². The Bertz CT molecular complexity index is 668. The highest BCUT2D eigenvalue weighted by Crippen LogP contribution is 2.34. The van der Waals surface area contributed by atoms with E-state index in [0.717, 1.165) is 12.8 Å². The fraction of sp³-hybridized carbons (Fsp3) is 0.222. The van der Waals surface area contributed by atoms with Crippen molar-refractivity contribution >= 4 is 16.8 Å². The minimum atomic E-state index is 0.172. The van der Waals surface area contributed by atoms with Gasteiger partial charge in [-0.2, -0.15) is 0 Å². The van der Waals surface area contributed by atoms with E-state index in [0.29, 0.717) is 0 Å². The fourth-order valence-electron chi connectivity index (χ4n) is 2.81. The van der Waals surface area contributed by atoms with Crippen molar-refractivity contribution in [2.45, 2.75) is 25.7 Å². The van der Waals surface area contributed by atoms with Crippen molar-refractivity contribution in [3.8, 4) is 12.3 Å². The zero-order valence-electron chi connectivity index (χ0n) is 10.6. The Hall–Kier alpha value is -2.00. The second kappa shape index (κ2) is 4.35. The summed E-state index contributed by atoms with van der Waals surface area (Å²) >= 11 is 0. The van der Waals surface area contributed by atoms with Gasteiger partial charge in [0.2, 0.25) is 0 Å². The number of allylic oxidation sites excluding steroid dienone is 1. The molecular weight excluding hydrogens is 216 g/mol. The predicted molar refractivity (Wildman–Crippen MR) is 78.6 cm³/mol. The molecule has 0 radical (unpaired) electrons. The van der Waals surface area contributed by atoms with Crippen LogP contribution in [0.1, 0.15) is 36.0 Å². The van der Waals surface area contributed by atoms with Crippen LogP contribution in [0.15, 0.2) is 36.4 Å². The number of benzene rings is 2. The molecule has 0 saturated carbocycles. The second-order valence-electron chi connectivity index (χ2n) is 4.91. The van der Waals surface area contributed by atoms with Crippen LogP contribution in [-0.2, 0) is 6.42 Å². The highest BCUT2D eigenvalue weighted by Gasteiger charge is 2.16. The van der Waals surface area contributed by atoms with Crippen molar-refractivity contribution in [1.82, 2.24) is 0 Å². The lowest BCUT2D eigenvalue weighted by molar-refractivity contribution is 0.956. The van der Waals surface area contributed by atoms with E-state index in [-0.39, 0.29) is 5.92 Å². The van der Waals surface area contributed by atoms with E-state index in [1.165, 1.54) is 27.5 Å². The maximum absolute atomic E-state index is 5.61. The van der Waals surface area contributed by atoms with Crippen molar-refractivity contribution in [2.24, 2.45) is 0 Å². The van der Waals surface area contributed by atoms with Crippen molar-refractivity contribution < 1.29 is 0 Å². The van der Waals surface area contributed by atoms with Gasteiger partial charge in [-0.1, -0.05) is 42.3 Å². The topological polar surface area (TPSA) is 0 Å². The Kier molecular flexibility index (Phi) is 2.68. The van der Waals surface area contributed by atoms with E-state index < -0.39 is 0 Å². The molecule has 1 unspecified atom stereocenters. The Balaban J connectivity index is 2.38. The third-order valence-corrected chi connectivity index (χ3v) is 3.80. The molecule has 0 nitrogen and oxygen atoms in total. The zero-order chi connectivity index (χ0) is 12.5. The molecule has 0 aromatic heterocycles. The van der Waals surface area contributed by atoms with E-state index >= 15 is 0 Å². The van der Waals surface area contributed by atoms with Gasteiger partial charge in [-0.15, -0.1) is 6.42 Å². The maximum atomic E-state index is 5.61. The molecule has 0 bridgehead atoms. The molecule has 1 atom stereocenters. The molecule has 0 spiro atoms. The highest BCUT2D eigenvalue weighted by molar-refractivity contribution is 5.91. The molecule has 0 saturated heterocycles. The second-order valence-corrected chi connectivity index (χ2v) is 4.91. The Morgan fingerprint density at radius 1 is 1.28 bits per heavy atom. The lowest BCUT2D eigenvalue weighted by atomic mass is 9.84. The first-order chi connectivity index (χ1) is 8.81. The van der Waals surface area contributed by atoms with Gasteiger partial charge in [0.25, 0.3) is 0 Å². The molecule has 88 valence electrons. The van der Waals surface area contributed by atoms with Gasteiger partial charge >= 0.3 is 0 Å². The molecule has 1 aliphatic rings. The summed E-state index contributed by atoms with van der Waals surface area (Å²) < 4.78 is 0. The average Bonchev–Trinajstić information content (AvgIpc) is 2.45. The Morgan fingerprint density at radius 3 is 2.94 bits per heavy atom. The first-order valence-electron chi connectivity index (χ1n) is 6.48. The van der Waals surface area contributed by atoms with Gasteiger partial charge < -0.3 is 0 Å². The Morgan fingerprint density at radius 2 is 2.11 bits per heavy atom. The molecule has 0 aliphatic heterocycles. The van der Waals surface area contributed by atoms with Gasteiger partial charge in [0.15, 0.2) is 0 Å². The van der Waals surface area contributed by atoms with Crippen LogP contribution in [0.5, 0.6) is 0 Å². The normalized spacial score (nSPS) is 15.1. The smallest absolute Gasteiger partial charge is 0.0427 e. The average molecular weight is 232 g/mol. The third kappa shape index (κ3) is 1.64. The van der Waals surface area contributed by atoms with Crippen LogP contribution in [0.4, 0.5) is 0 Å². The number of hydrogen-bond acceptors (Lipinski definition) is 0. The van der Waals surface area contributed by atoms with Crippen molar-refractivity contribution in [2.75, 3.05) is 0 Å². The largest absolute Gasteiger partial charge is 0.119 e. The zero-order valence-corrected chi connectivity index (χ0v) is 10.6. The fourth-order valence-corrected chi connectivity index (χ4v) is 2.81. The summed E-state index contributed by atoms with van der Waals surface area (Å²) in [5.74, 6) is 3.03. The highest BCUT2D eigenvalue weighted by atomic mass is 14.2. The first-order valence-corrected chi connectivity index (χ1v) is 6.48. The molecular formula is C18H16. The van der Waals surface area contributed by atoms with Gasteiger partial charge in [0, 0.05) is 5.92 Å². The van der Waals surface area contributed by atoms with Crippen molar-refractivity contribution in [1.29, 1.82) is 0 Å². The molecule has 1 aliphatic carbocycles. The predicted octanol–water partition coefficient (Wildman–Crippen LogP) is 4.54. The SMILES string of the molecule is C#CC(C)c1cc2ccccc2c2c1C=CCC2. The van der Waals surface area contributed by atoms with Crippen LogP contribution in [0.3, 0.4) is 0 Å². The molecule has 0 heterocycles. The summed E-state index contributed by atoms with van der Waals surface area (Å²) in [5, 5.41) is 2.69. The van der Waals surface area contributed by atoms with Crippen molar-refractivity contribution in [3.63, 3.8) is 0 Å². The number of fused-ring (bicyclic) bond motifs is 3. The summed E-state index contributed by atoms with van der Waals surface area (Å²) in [6, 6.07) is 10.9. The van der Waals surface area contributed by atoms with Crippen molar-refractivity contribution in [3.05, 3.63) is 53.1 Å². The number of aryl methyl sites for hydroxylation is 1. The summed E-state index contributed by atoms with van der Waals surface area (Å²) in [4.78, 5) is 0. The summed E-state index contributed by atoms with van der Waals surface area (Å²) in [7, 11) is 0. The van der Waals surface area contributed by atoms with Crippen LogP contribution in [0.25, 0.3) is 16.8 Å². The lowest BCUT2D eigenvalue weighted by Crippen LogP contribution is -2.03. The molecule has 2 aromatic carbocycles. The van der Waals surface area contributed by atoms with Gasteiger partial charge in [0.1, 0.15) is 0 Å². The summed E-state index contributed by atoms with van der Waals surface area (Å²) in [6.45, 7) is 2.10. The maximum Gasteiger partial charge on any atom is 0.0427 e. The number of terminal acetylenes is 1. The first kappa shape index (κ1) is 11.1. The molecule has 18 heavy (non-hydrogen) atoms. The molecule has 2 aromatic rings. The molecule has 0 heteroatoms. The van der Waals surface area contributed by atoms with E-state index in [2.05, 4.69) is 55.3 Å². The van der Waals surface area contributed by atoms with Gasteiger partial charge in [0.05, 0.1) is 0 Å². The summed E-state index contributed by atoms with van der Waals surface area (Å²) in [6.07, 6.45) is 12.4. The third-order valence-electron chi connectivity index (χ3n) is 3.80. The van der Waals surface area contributed by atoms with Gasteiger partial charge in [-0.3, -0.25) is 0 Å². The standard InChI is InChI=1S/C18H16/c1-3-13(2)18-12-14-8-4-5-9-15(14)16-10-6-7-11-17(16)18/h1,4-5,7-9,11-13H,6,10H2,2H3. The van der Waals surface area contributed by atoms with E-state index in [1.807, 2.05) is 0 Å². The van der Waals surface area contributed by atoms with Crippen LogP contribution in [0.2, 0.25) is 0 Å². The minimum absolute atomic E-state index is 0.172. The monoisotopic (exact) mass is 232 g/mol. The van der Waals surface area contributed by atoms with E-state index in [4.69, 9.17) is 6.42 Å². The van der Waals surface area contributed by atoms with Crippen LogP contribution in [0, 0.1) is 12.3 Å². The van der Waals surface area contributed by atoms with Crippen LogP contribution < -0.4 is 0 Å². The van der Waals surface area contributed by atoms with Gasteiger partial charge in [-0.05, 0) is 53.3 Å². The summed E-state index contributed by atoms with van der Waals surface area (Å²) in [5.41, 5.74) is 4.11. The minimum Gasteiger partial charge on any atom is -0.119 e. The van der Waals surface area contributed by atoms with Crippen LogP contribution >= 0.6 is 0 Å². The van der Waals surface area contributed by atoms with E-state index in [1.54, 1.807) is 0 Å². The number of rotatable bonds is 1.